The van der Waals surface area contributed by atoms with E-state index in [2.05, 4.69) is 15.8 Å². The largest absolute Gasteiger partial charge is 0.504 e. The maximum atomic E-state index is 9.96. The molecule has 2 bridgehead atoms. The van der Waals surface area contributed by atoms with Gasteiger partial charge in [0.1, 0.15) is 0 Å². The smallest absolute Gasteiger partial charge is 0.187 e. The number of aromatic hydroxyl groups is 1. The third-order valence-corrected chi connectivity index (χ3v) is 4.88. The van der Waals surface area contributed by atoms with Crippen molar-refractivity contribution in [2.45, 2.75) is 31.7 Å². The van der Waals surface area contributed by atoms with Gasteiger partial charge in [-0.15, -0.1) is 0 Å². The van der Waals surface area contributed by atoms with Crippen LogP contribution < -0.4 is 15.5 Å². The van der Waals surface area contributed by atoms with E-state index < -0.39 is 0 Å². The van der Waals surface area contributed by atoms with Crippen molar-refractivity contribution < 1.29 is 9.84 Å². The summed E-state index contributed by atoms with van der Waals surface area (Å²) < 4.78 is 5.06. The Hall–Kier alpha value is -1.82. The molecule has 5 nitrogen and oxygen atoms in total. The first-order valence-corrected chi connectivity index (χ1v) is 8.03. The molecule has 0 aliphatic heterocycles. The highest BCUT2D eigenvalue weighted by molar-refractivity contribution is 7.80. The van der Waals surface area contributed by atoms with E-state index >= 15 is 0 Å². The first-order valence-electron chi connectivity index (χ1n) is 7.63. The number of thiocarbonyl (C=S) groups is 1. The van der Waals surface area contributed by atoms with Crippen LogP contribution in [0.2, 0.25) is 0 Å². The highest BCUT2D eigenvalue weighted by Crippen LogP contribution is 2.44. The molecule has 0 aromatic heterocycles. The molecular weight excluding hydrogens is 298 g/mol. The van der Waals surface area contributed by atoms with Crippen molar-refractivity contribution in [2.24, 2.45) is 16.9 Å². The zero-order chi connectivity index (χ0) is 15.5. The maximum absolute atomic E-state index is 9.96. The zero-order valence-electron chi connectivity index (χ0n) is 12.6. The number of phenolic OH excluding ortho intramolecular Hbond substituents is 1. The van der Waals surface area contributed by atoms with Crippen LogP contribution in [0.15, 0.2) is 23.3 Å². The van der Waals surface area contributed by atoms with E-state index in [1.165, 1.54) is 39.0 Å². The molecule has 2 aliphatic rings. The molecule has 0 amide bonds. The van der Waals surface area contributed by atoms with Crippen molar-refractivity contribution in [2.75, 3.05) is 7.11 Å². The second kappa shape index (κ2) is 6.52. The predicted molar refractivity (Wildman–Crippen MR) is 90.4 cm³/mol. The fourth-order valence-corrected chi connectivity index (χ4v) is 3.79. The number of hydrazone groups is 1. The van der Waals surface area contributed by atoms with Gasteiger partial charge >= 0.3 is 0 Å². The summed E-state index contributed by atoms with van der Waals surface area (Å²) in [6.45, 7) is 0. The Bertz CT molecular complexity index is 591. The minimum atomic E-state index is 0.0718. The lowest BCUT2D eigenvalue weighted by atomic mass is 9.96. The highest BCUT2D eigenvalue weighted by atomic mass is 32.1. The lowest BCUT2D eigenvalue weighted by Gasteiger charge is -2.23. The van der Waals surface area contributed by atoms with E-state index in [4.69, 9.17) is 17.0 Å². The molecule has 2 aliphatic carbocycles. The van der Waals surface area contributed by atoms with Gasteiger partial charge in [-0.25, -0.2) is 0 Å². The maximum Gasteiger partial charge on any atom is 0.187 e. The summed E-state index contributed by atoms with van der Waals surface area (Å²) >= 11 is 5.28. The fraction of sp³-hybridized carbons (Fsp3) is 0.500. The van der Waals surface area contributed by atoms with Crippen LogP contribution in [0.25, 0.3) is 0 Å². The predicted octanol–water partition coefficient (Wildman–Crippen LogP) is 2.39. The van der Waals surface area contributed by atoms with Gasteiger partial charge in [-0.2, -0.15) is 5.10 Å². The quantitative estimate of drug-likeness (QED) is 0.452. The Balaban J connectivity index is 1.52. The van der Waals surface area contributed by atoms with Gasteiger partial charge in [0, 0.05) is 11.6 Å². The second-order valence-corrected chi connectivity index (χ2v) is 6.43. The van der Waals surface area contributed by atoms with Gasteiger partial charge in [-0.1, -0.05) is 12.5 Å². The molecule has 1 aromatic carbocycles. The number of methoxy groups -OCH3 is 1. The number of rotatable bonds is 4. The summed E-state index contributed by atoms with van der Waals surface area (Å²) in [5, 5.41) is 17.9. The summed E-state index contributed by atoms with van der Waals surface area (Å²) in [4.78, 5) is 0. The van der Waals surface area contributed by atoms with E-state index in [1.807, 2.05) is 0 Å². The SMILES string of the molecule is COc1cccc(/C=N\NC(=S)N[C@H]2C[C@H]3CC[C@H]2C3)c1O. The normalized spacial score (nSPS) is 26.3. The van der Waals surface area contributed by atoms with Crippen molar-refractivity contribution in [3.05, 3.63) is 23.8 Å². The zero-order valence-corrected chi connectivity index (χ0v) is 13.4. The van der Waals surface area contributed by atoms with E-state index in [1.54, 1.807) is 18.2 Å². The second-order valence-electron chi connectivity index (χ2n) is 6.02. The van der Waals surface area contributed by atoms with Crippen LogP contribution in [0.5, 0.6) is 11.5 Å². The Morgan fingerprint density at radius 3 is 2.95 bits per heavy atom. The molecule has 0 radical (unpaired) electrons. The van der Waals surface area contributed by atoms with Crippen molar-refractivity contribution in [1.29, 1.82) is 0 Å². The molecule has 0 spiro atoms. The van der Waals surface area contributed by atoms with Crippen LogP contribution in [-0.4, -0.2) is 29.6 Å². The number of nitrogens with zero attached hydrogens (tertiary/aromatic N) is 1. The Morgan fingerprint density at radius 1 is 1.41 bits per heavy atom. The minimum Gasteiger partial charge on any atom is -0.504 e. The number of hydrogen-bond acceptors (Lipinski definition) is 4. The number of para-hydroxylation sites is 1. The first-order chi connectivity index (χ1) is 10.7. The lowest BCUT2D eigenvalue weighted by molar-refractivity contribution is 0.373. The standard InChI is InChI=1S/C16H21N3O2S/c1-21-14-4-2-3-12(15(14)20)9-17-19-16(22)18-13-8-10-5-6-11(13)7-10/h2-4,9-11,13,20H,5-8H2,1H3,(H2,18,19,22)/b17-9-/t10-,11-,13-/m0/s1. The van der Waals surface area contributed by atoms with Crippen molar-refractivity contribution in [1.82, 2.24) is 10.7 Å². The summed E-state index contributed by atoms with van der Waals surface area (Å²) in [5.74, 6) is 2.13. The van der Waals surface area contributed by atoms with Crippen LogP contribution in [0.3, 0.4) is 0 Å². The molecule has 3 N–H and O–H groups in total. The minimum absolute atomic E-state index is 0.0718. The van der Waals surface area contributed by atoms with Gasteiger partial charge in [0.2, 0.25) is 0 Å². The third kappa shape index (κ3) is 3.16. The van der Waals surface area contributed by atoms with Crippen molar-refractivity contribution in [3.63, 3.8) is 0 Å². The molecule has 1 aromatic rings. The number of nitrogens with one attached hydrogen (secondary N) is 2. The summed E-state index contributed by atoms with van der Waals surface area (Å²) in [5.41, 5.74) is 3.40. The van der Waals surface area contributed by atoms with Crippen LogP contribution >= 0.6 is 12.2 Å². The molecule has 118 valence electrons. The van der Waals surface area contributed by atoms with Crippen LogP contribution in [0.4, 0.5) is 0 Å². The van der Waals surface area contributed by atoms with E-state index in [9.17, 15) is 5.11 Å². The molecule has 6 heteroatoms. The Labute approximate surface area is 135 Å². The fourth-order valence-electron chi connectivity index (χ4n) is 3.59. The summed E-state index contributed by atoms with van der Waals surface area (Å²) in [6, 6.07) is 5.74. The van der Waals surface area contributed by atoms with E-state index in [0.29, 0.717) is 22.5 Å². The third-order valence-electron chi connectivity index (χ3n) is 4.67. The molecule has 0 saturated heterocycles. The first kappa shape index (κ1) is 15.1. The lowest BCUT2D eigenvalue weighted by Crippen LogP contribution is -2.42. The molecule has 3 atom stereocenters. The highest BCUT2D eigenvalue weighted by Gasteiger charge is 2.39. The van der Waals surface area contributed by atoms with Gasteiger partial charge < -0.3 is 15.2 Å². The molecular formula is C16H21N3O2S. The monoisotopic (exact) mass is 319 g/mol. The van der Waals surface area contributed by atoms with Crippen molar-refractivity contribution in [3.8, 4) is 11.5 Å². The molecule has 2 saturated carbocycles. The molecule has 0 heterocycles. The van der Waals surface area contributed by atoms with E-state index in [0.717, 1.165) is 11.8 Å². The van der Waals surface area contributed by atoms with Gasteiger partial charge in [-0.05, 0) is 55.4 Å². The van der Waals surface area contributed by atoms with Gasteiger partial charge in [0.05, 0.1) is 13.3 Å². The van der Waals surface area contributed by atoms with Crippen molar-refractivity contribution >= 4 is 23.5 Å². The molecule has 22 heavy (non-hydrogen) atoms. The molecule has 2 fully saturated rings. The van der Waals surface area contributed by atoms with Gasteiger partial charge in [0.25, 0.3) is 0 Å². The van der Waals surface area contributed by atoms with Crippen LogP contribution in [0.1, 0.15) is 31.2 Å². The number of ether oxygens (including phenoxy) is 1. The number of hydrogen-bond donors (Lipinski definition) is 3. The average molecular weight is 319 g/mol. The summed E-state index contributed by atoms with van der Waals surface area (Å²) in [6.07, 6.45) is 6.77. The molecule has 0 unspecified atom stereocenters. The van der Waals surface area contributed by atoms with E-state index in [-0.39, 0.29) is 5.75 Å². The van der Waals surface area contributed by atoms with Crippen LogP contribution in [0, 0.1) is 11.8 Å². The Morgan fingerprint density at radius 2 is 2.27 bits per heavy atom. The topological polar surface area (TPSA) is 65.9 Å². The van der Waals surface area contributed by atoms with Gasteiger partial charge in [-0.3, -0.25) is 5.43 Å². The van der Waals surface area contributed by atoms with Gasteiger partial charge in [0.15, 0.2) is 16.6 Å². The average Bonchev–Trinajstić information content (AvgIpc) is 3.11. The number of phenols is 1. The number of fused-ring (bicyclic) bond motifs is 2. The summed E-state index contributed by atoms with van der Waals surface area (Å²) in [7, 11) is 1.52. The number of benzene rings is 1. The Kier molecular flexibility index (Phi) is 4.47. The molecule has 3 rings (SSSR count). The van der Waals surface area contributed by atoms with Crippen LogP contribution in [-0.2, 0) is 0 Å².